The Bertz CT molecular complexity index is 435. The van der Waals surface area contributed by atoms with E-state index in [9.17, 15) is 13.2 Å². The predicted molar refractivity (Wildman–Crippen MR) is 88.0 cm³/mol. The summed E-state index contributed by atoms with van der Waals surface area (Å²) in [7, 11) is 0. The van der Waals surface area contributed by atoms with Gasteiger partial charge in [-0.05, 0) is 24.1 Å². The molecule has 0 aliphatic carbocycles. The topological polar surface area (TPSA) is 15.3 Å². The van der Waals surface area contributed by atoms with E-state index in [2.05, 4.69) is 17.1 Å². The molecule has 0 radical (unpaired) electrons. The largest absolute Gasteiger partial charge is 0.416 e. The Morgan fingerprint density at radius 3 is 2.36 bits per heavy atom. The standard InChI is InChI=1S/C15H21F3N2.2ClH/c1-2-4-14(20-9-7-19-8-10-20)12-5-3-6-13(11-12)15(16,17)18;;/h3,5-6,11,14,19H,2,4,7-10H2,1H3;2*1H/t14-;;/m0../s1. The van der Waals surface area contributed by atoms with Crippen LogP contribution in [0.25, 0.3) is 0 Å². The van der Waals surface area contributed by atoms with Crippen molar-refractivity contribution >= 4 is 24.8 Å². The molecule has 1 aromatic rings. The first kappa shape index (κ1) is 21.5. The lowest BCUT2D eigenvalue weighted by Crippen LogP contribution is -2.45. The minimum Gasteiger partial charge on any atom is -0.314 e. The van der Waals surface area contributed by atoms with Crippen molar-refractivity contribution < 1.29 is 13.2 Å². The summed E-state index contributed by atoms with van der Waals surface area (Å²) in [5.74, 6) is 0. The van der Waals surface area contributed by atoms with Gasteiger partial charge in [-0.3, -0.25) is 4.90 Å². The zero-order chi connectivity index (χ0) is 14.6. The molecule has 0 amide bonds. The fourth-order valence-corrected chi connectivity index (χ4v) is 2.75. The van der Waals surface area contributed by atoms with Gasteiger partial charge in [-0.25, -0.2) is 0 Å². The average Bonchev–Trinajstić information content (AvgIpc) is 2.45. The Morgan fingerprint density at radius 1 is 1.18 bits per heavy atom. The minimum absolute atomic E-state index is 0. The number of alkyl halides is 3. The van der Waals surface area contributed by atoms with Gasteiger partial charge in [0.05, 0.1) is 5.56 Å². The van der Waals surface area contributed by atoms with E-state index in [0.29, 0.717) is 0 Å². The molecule has 0 saturated carbocycles. The lowest BCUT2D eigenvalue weighted by Gasteiger charge is -2.35. The number of hydrogen-bond acceptors (Lipinski definition) is 2. The van der Waals surface area contributed by atoms with Gasteiger partial charge in [-0.2, -0.15) is 13.2 Å². The molecule has 1 fully saturated rings. The number of nitrogens with zero attached hydrogens (tertiary/aromatic N) is 1. The van der Waals surface area contributed by atoms with Crippen molar-refractivity contribution in [1.29, 1.82) is 0 Å². The maximum absolute atomic E-state index is 12.8. The summed E-state index contributed by atoms with van der Waals surface area (Å²) in [4.78, 5) is 2.29. The van der Waals surface area contributed by atoms with Crippen LogP contribution in [0.15, 0.2) is 24.3 Å². The van der Waals surface area contributed by atoms with Crippen molar-refractivity contribution in [2.75, 3.05) is 26.2 Å². The van der Waals surface area contributed by atoms with Gasteiger partial charge in [-0.1, -0.05) is 25.5 Å². The maximum Gasteiger partial charge on any atom is 0.416 e. The molecule has 0 unspecified atom stereocenters. The van der Waals surface area contributed by atoms with Gasteiger partial charge < -0.3 is 5.32 Å². The zero-order valence-corrected chi connectivity index (χ0v) is 14.2. The van der Waals surface area contributed by atoms with E-state index >= 15 is 0 Å². The molecule has 0 aromatic heterocycles. The van der Waals surface area contributed by atoms with Gasteiger partial charge >= 0.3 is 6.18 Å². The Hall–Kier alpha value is -0.490. The van der Waals surface area contributed by atoms with Crippen LogP contribution in [0.5, 0.6) is 0 Å². The van der Waals surface area contributed by atoms with Gasteiger partial charge in [0.25, 0.3) is 0 Å². The van der Waals surface area contributed by atoms with Crippen LogP contribution in [0, 0.1) is 0 Å². The van der Waals surface area contributed by atoms with Gasteiger partial charge in [-0.15, -0.1) is 24.8 Å². The van der Waals surface area contributed by atoms with Crippen LogP contribution in [0.1, 0.15) is 36.9 Å². The fourth-order valence-electron chi connectivity index (χ4n) is 2.75. The summed E-state index contributed by atoms with van der Waals surface area (Å²) in [6.07, 6.45) is -2.41. The zero-order valence-electron chi connectivity index (χ0n) is 12.5. The average molecular weight is 359 g/mol. The van der Waals surface area contributed by atoms with Crippen molar-refractivity contribution in [1.82, 2.24) is 10.2 Å². The van der Waals surface area contributed by atoms with Crippen molar-refractivity contribution in [3.63, 3.8) is 0 Å². The summed E-state index contributed by atoms with van der Waals surface area (Å²) in [6, 6.07) is 5.87. The second-order valence-corrected chi connectivity index (χ2v) is 5.21. The Balaban J connectivity index is 0.00000220. The summed E-state index contributed by atoms with van der Waals surface area (Å²) in [6.45, 7) is 5.66. The van der Waals surface area contributed by atoms with Crippen molar-refractivity contribution in [3.05, 3.63) is 35.4 Å². The molecule has 0 bridgehead atoms. The highest BCUT2D eigenvalue weighted by Gasteiger charge is 2.31. The third kappa shape index (κ3) is 5.61. The molecule has 7 heteroatoms. The van der Waals surface area contributed by atoms with Crippen LogP contribution in [0.2, 0.25) is 0 Å². The first-order valence-corrected chi connectivity index (χ1v) is 7.14. The van der Waals surface area contributed by atoms with Crippen LogP contribution in [0.3, 0.4) is 0 Å². The van der Waals surface area contributed by atoms with E-state index in [4.69, 9.17) is 0 Å². The normalized spacial score (nSPS) is 17.3. The molecule has 1 atom stereocenters. The Morgan fingerprint density at radius 2 is 1.82 bits per heavy atom. The number of hydrogen-bond donors (Lipinski definition) is 1. The highest BCUT2D eigenvalue weighted by atomic mass is 35.5. The van der Waals surface area contributed by atoms with Crippen molar-refractivity contribution in [2.45, 2.75) is 32.0 Å². The predicted octanol–water partition coefficient (Wildman–Crippen LogP) is 4.30. The van der Waals surface area contributed by atoms with Gasteiger partial charge in [0, 0.05) is 32.2 Å². The maximum atomic E-state index is 12.8. The molecule has 2 rings (SSSR count). The van der Waals surface area contributed by atoms with E-state index in [1.54, 1.807) is 0 Å². The molecular formula is C15H23Cl2F3N2. The SMILES string of the molecule is CCC[C@@H](c1cccc(C(F)(F)F)c1)N1CCNCC1.Cl.Cl. The van der Waals surface area contributed by atoms with E-state index in [0.717, 1.165) is 50.7 Å². The van der Waals surface area contributed by atoms with Gasteiger partial charge in [0.15, 0.2) is 0 Å². The highest BCUT2D eigenvalue weighted by Crippen LogP contribution is 2.33. The number of nitrogens with one attached hydrogen (secondary N) is 1. The molecule has 1 heterocycles. The van der Waals surface area contributed by atoms with Gasteiger partial charge in [0.2, 0.25) is 0 Å². The van der Waals surface area contributed by atoms with Crippen molar-refractivity contribution in [2.24, 2.45) is 0 Å². The first-order chi connectivity index (χ1) is 9.52. The minimum atomic E-state index is -4.27. The molecule has 1 aliphatic heterocycles. The van der Waals surface area contributed by atoms with E-state index in [-0.39, 0.29) is 30.9 Å². The van der Waals surface area contributed by atoms with Crippen LogP contribution >= 0.6 is 24.8 Å². The van der Waals surface area contributed by atoms with Crippen LogP contribution < -0.4 is 5.32 Å². The lowest BCUT2D eigenvalue weighted by atomic mass is 9.98. The second-order valence-electron chi connectivity index (χ2n) is 5.21. The van der Waals surface area contributed by atoms with Crippen LogP contribution in [0.4, 0.5) is 13.2 Å². The number of rotatable bonds is 4. The second kappa shape index (κ2) is 9.60. The van der Waals surface area contributed by atoms with Crippen LogP contribution in [-0.2, 0) is 6.18 Å². The molecule has 0 spiro atoms. The van der Waals surface area contributed by atoms with Crippen molar-refractivity contribution in [3.8, 4) is 0 Å². The lowest BCUT2D eigenvalue weighted by molar-refractivity contribution is -0.137. The fraction of sp³-hybridized carbons (Fsp3) is 0.600. The number of halogens is 5. The van der Waals surface area contributed by atoms with Gasteiger partial charge in [0.1, 0.15) is 0 Å². The molecule has 1 aliphatic rings. The third-order valence-corrected chi connectivity index (χ3v) is 3.75. The summed E-state index contributed by atoms with van der Waals surface area (Å²) < 4.78 is 38.5. The van der Waals surface area contributed by atoms with E-state index in [1.807, 2.05) is 6.07 Å². The number of benzene rings is 1. The Labute approximate surface area is 142 Å². The van der Waals surface area contributed by atoms with E-state index in [1.165, 1.54) is 12.1 Å². The molecule has 1 aromatic carbocycles. The molecule has 22 heavy (non-hydrogen) atoms. The summed E-state index contributed by atoms with van der Waals surface area (Å²) in [5.41, 5.74) is 0.231. The van der Waals surface area contributed by atoms with E-state index < -0.39 is 11.7 Å². The summed E-state index contributed by atoms with van der Waals surface area (Å²) >= 11 is 0. The number of piperazine rings is 1. The molecule has 2 nitrogen and oxygen atoms in total. The quantitative estimate of drug-likeness (QED) is 0.863. The molecule has 128 valence electrons. The highest BCUT2D eigenvalue weighted by molar-refractivity contribution is 5.85. The Kier molecular flexibility index (Phi) is 9.39. The first-order valence-electron chi connectivity index (χ1n) is 7.14. The smallest absolute Gasteiger partial charge is 0.314 e. The monoisotopic (exact) mass is 358 g/mol. The molecule has 1 N–H and O–H groups in total. The van der Waals surface area contributed by atoms with Crippen LogP contribution in [-0.4, -0.2) is 31.1 Å². The third-order valence-electron chi connectivity index (χ3n) is 3.75. The summed E-state index contributed by atoms with van der Waals surface area (Å²) in [5, 5.41) is 3.28. The molecule has 1 saturated heterocycles. The molecular weight excluding hydrogens is 336 g/mol.